The lowest BCUT2D eigenvalue weighted by Crippen LogP contribution is -2.39. The van der Waals surface area contributed by atoms with Gasteiger partial charge in [0.2, 0.25) is 5.91 Å². The average Bonchev–Trinajstić information content (AvgIpc) is 2.38. The van der Waals surface area contributed by atoms with Crippen LogP contribution in [0.5, 0.6) is 0 Å². The Morgan fingerprint density at radius 2 is 2.26 bits per heavy atom. The predicted octanol–water partition coefficient (Wildman–Crippen LogP) is 1.87. The summed E-state index contributed by atoms with van der Waals surface area (Å²) in [6.07, 6.45) is 1.05. The first-order valence-electron chi connectivity index (χ1n) is 6.05. The van der Waals surface area contributed by atoms with Gasteiger partial charge in [0, 0.05) is 11.6 Å². The zero-order valence-corrected chi connectivity index (χ0v) is 11.6. The van der Waals surface area contributed by atoms with E-state index in [1.807, 2.05) is 13.0 Å². The van der Waals surface area contributed by atoms with Crippen LogP contribution in [0.15, 0.2) is 29.4 Å². The van der Waals surface area contributed by atoms with Crippen molar-refractivity contribution in [3.8, 4) is 0 Å². The van der Waals surface area contributed by atoms with Crippen LogP contribution in [0.3, 0.4) is 0 Å². The number of nitrogens with zero attached hydrogens (tertiary/aromatic N) is 2. The molecule has 3 N–H and O–H groups in total. The second-order valence-corrected chi connectivity index (χ2v) is 4.65. The molecule has 0 aliphatic rings. The highest BCUT2D eigenvalue weighted by Crippen LogP contribution is 2.12. The highest BCUT2D eigenvalue weighted by molar-refractivity contribution is 6.30. The highest BCUT2D eigenvalue weighted by Gasteiger charge is 2.14. The highest BCUT2D eigenvalue weighted by atomic mass is 35.5. The van der Waals surface area contributed by atoms with Gasteiger partial charge in [0.1, 0.15) is 0 Å². The molecule has 1 rings (SSSR count). The van der Waals surface area contributed by atoms with Crippen molar-refractivity contribution in [1.82, 2.24) is 4.90 Å². The summed E-state index contributed by atoms with van der Waals surface area (Å²) in [4.78, 5) is 13.7. The summed E-state index contributed by atoms with van der Waals surface area (Å²) in [6.45, 7) is 2.66. The second kappa shape index (κ2) is 7.63. The van der Waals surface area contributed by atoms with E-state index in [0.29, 0.717) is 11.6 Å². The van der Waals surface area contributed by atoms with Crippen molar-refractivity contribution >= 4 is 23.3 Å². The third kappa shape index (κ3) is 5.18. The SMILES string of the molecule is CCCN(CC(N)=NO)C(=O)Cc1cccc(Cl)c1. The standard InChI is InChI=1S/C13H18ClN3O2/c1-2-6-17(9-12(15)16-19)13(18)8-10-4-3-5-11(14)7-10/h3-5,7,19H,2,6,8-9H2,1H3,(H2,15,16). The smallest absolute Gasteiger partial charge is 0.227 e. The van der Waals surface area contributed by atoms with E-state index >= 15 is 0 Å². The molecule has 0 atom stereocenters. The van der Waals surface area contributed by atoms with E-state index in [1.165, 1.54) is 0 Å². The van der Waals surface area contributed by atoms with E-state index in [9.17, 15) is 4.79 Å². The molecule has 19 heavy (non-hydrogen) atoms. The van der Waals surface area contributed by atoms with Crippen molar-refractivity contribution in [3.63, 3.8) is 0 Å². The number of benzene rings is 1. The maximum Gasteiger partial charge on any atom is 0.227 e. The number of rotatable bonds is 6. The number of nitrogens with two attached hydrogens (primary N) is 1. The Kier molecular flexibility index (Phi) is 6.15. The Bertz CT molecular complexity index is 463. The van der Waals surface area contributed by atoms with E-state index in [4.69, 9.17) is 22.5 Å². The largest absolute Gasteiger partial charge is 0.409 e. The fraction of sp³-hybridized carbons (Fsp3) is 0.385. The van der Waals surface area contributed by atoms with Crippen molar-refractivity contribution in [3.05, 3.63) is 34.9 Å². The summed E-state index contributed by atoms with van der Waals surface area (Å²) >= 11 is 5.88. The molecule has 0 fully saturated rings. The van der Waals surface area contributed by atoms with Gasteiger partial charge in [0.15, 0.2) is 5.84 Å². The lowest BCUT2D eigenvalue weighted by Gasteiger charge is -2.21. The normalized spacial score (nSPS) is 11.4. The Labute approximate surface area is 117 Å². The van der Waals surface area contributed by atoms with Crippen molar-refractivity contribution in [1.29, 1.82) is 0 Å². The Balaban J connectivity index is 2.71. The summed E-state index contributed by atoms with van der Waals surface area (Å²) in [6, 6.07) is 7.17. The lowest BCUT2D eigenvalue weighted by molar-refractivity contribution is -0.129. The molecule has 104 valence electrons. The zero-order valence-electron chi connectivity index (χ0n) is 10.8. The molecule has 0 bridgehead atoms. The summed E-state index contributed by atoms with van der Waals surface area (Å²) in [5.41, 5.74) is 6.29. The van der Waals surface area contributed by atoms with Gasteiger partial charge in [-0.2, -0.15) is 0 Å². The number of hydrogen-bond acceptors (Lipinski definition) is 3. The van der Waals surface area contributed by atoms with Crippen LogP contribution in [-0.2, 0) is 11.2 Å². The van der Waals surface area contributed by atoms with E-state index in [0.717, 1.165) is 12.0 Å². The van der Waals surface area contributed by atoms with Gasteiger partial charge in [-0.25, -0.2) is 0 Å². The van der Waals surface area contributed by atoms with Crippen LogP contribution in [0.2, 0.25) is 5.02 Å². The minimum absolute atomic E-state index is 0.0212. The Hall–Kier alpha value is -1.75. The molecule has 6 heteroatoms. The fourth-order valence-electron chi connectivity index (χ4n) is 1.72. The number of amidine groups is 1. The minimum Gasteiger partial charge on any atom is -0.409 e. The second-order valence-electron chi connectivity index (χ2n) is 4.21. The molecular formula is C13H18ClN3O2. The van der Waals surface area contributed by atoms with Crippen LogP contribution >= 0.6 is 11.6 Å². The first kappa shape index (κ1) is 15.3. The third-order valence-electron chi connectivity index (χ3n) is 2.57. The number of oxime groups is 1. The van der Waals surface area contributed by atoms with Crippen molar-refractivity contribution < 1.29 is 10.0 Å². The van der Waals surface area contributed by atoms with Gasteiger partial charge in [-0.1, -0.05) is 35.8 Å². The lowest BCUT2D eigenvalue weighted by atomic mass is 10.1. The molecule has 0 heterocycles. The molecule has 0 aliphatic heterocycles. The van der Waals surface area contributed by atoms with Gasteiger partial charge >= 0.3 is 0 Å². The van der Waals surface area contributed by atoms with Gasteiger partial charge in [0.05, 0.1) is 13.0 Å². The number of amides is 1. The maximum absolute atomic E-state index is 12.2. The van der Waals surface area contributed by atoms with Crippen LogP contribution < -0.4 is 5.73 Å². The van der Waals surface area contributed by atoms with Gasteiger partial charge < -0.3 is 15.8 Å². The minimum atomic E-state index is -0.0734. The van der Waals surface area contributed by atoms with E-state index in [-0.39, 0.29) is 24.7 Å². The quantitative estimate of drug-likeness (QED) is 0.362. The monoisotopic (exact) mass is 283 g/mol. The molecule has 0 aliphatic carbocycles. The molecular weight excluding hydrogens is 266 g/mol. The van der Waals surface area contributed by atoms with Gasteiger partial charge in [0.25, 0.3) is 0 Å². The van der Waals surface area contributed by atoms with Crippen LogP contribution in [0.25, 0.3) is 0 Å². The summed E-state index contributed by atoms with van der Waals surface area (Å²) in [7, 11) is 0. The maximum atomic E-state index is 12.2. The molecule has 0 aromatic heterocycles. The summed E-state index contributed by atoms with van der Waals surface area (Å²) < 4.78 is 0. The first-order valence-corrected chi connectivity index (χ1v) is 6.43. The van der Waals surface area contributed by atoms with E-state index < -0.39 is 0 Å². The van der Waals surface area contributed by atoms with Crippen LogP contribution in [-0.4, -0.2) is 34.9 Å². The summed E-state index contributed by atoms with van der Waals surface area (Å²) in [5.74, 6) is -0.0522. The predicted molar refractivity (Wildman–Crippen MR) is 75.4 cm³/mol. The third-order valence-corrected chi connectivity index (χ3v) is 2.81. The molecule has 0 saturated heterocycles. The van der Waals surface area contributed by atoms with Crippen LogP contribution in [0.1, 0.15) is 18.9 Å². The van der Waals surface area contributed by atoms with Crippen LogP contribution in [0.4, 0.5) is 0 Å². The molecule has 1 aromatic carbocycles. The Morgan fingerprint density at radius 3 is 2.84 bits per heavy atom. The molecule has 5 nitrogen and oxygen atoms in total. The van der Waals surface area contributed by atoms with Crippen LogP contribution in [0, 0.1) is 0 Å². The molecule has 0 unspecified atom stereocenters. The fourth-order valence-corrected chi connectivity index (χ4v) is 1.94. The first-order chi connectivity index (χ1) is 9.06. The number of carbonyl (C=O) groups excluding carboxylic acids is 1. The number of halogens is 1. The number of carbonyl (C=O) groups is 1. The van der Waals surface area contributed by atoms with E-state index in [1.54, 1.807) is 23.1 Å². The molecule has 1 amide bonds. The number of hydrogen-bond donors (Lipinski definition) is 2. The van der Waals surface area contributed by atoms with Gasteiger partial charge in [-0.15, -0.1) is 0 Å². The van der Waals surface area contributed by atoms with Crippen molar-refractivity contribution in [2.75, 3.05) is 13.1 Å². The van der Waals surface area contributed by atoms with Gasteiger partial charge in [-0.05, 0) is 24.1 Å². The van der Waals surface area contributed by atoms with E-state index in [2.05, 4.69) is 5.16 Å². The van der Waals surface area contributed by atoms with Crippen molar-refractivity contribution in [2.24, 2.45) is 10.9 Å². The molecule has 0 saturated carbocycles. The topological polar surface area (TPSA) is 78.9 Å². The average molecular weight is 284 g/mol. The van der Waals surface area contributed by atoms with Crippen molar-refractivity contribution in [2.45, 2.75) is 19.8 Å². The molecule has 0 radical (unpaired) electrons. The summed E-state index contributed by atoms with van der Waals surface area (Å²) in [5, 5.41) is 12.1. The molecule has 0 spiro atoms. The van der Waals surface area contributed by atoms with Gasteiger partial charge in [-0.3, -0.25) is 4.79 Å². The molecule has 1 aromatic rings. The zero-order chi connectivity index (χ0) is 14.3. The Morgan fingerprint density at radius 1 is 1.53 bits per heavy atom.